The smallest absolute Gasteiger partial charge is 0.338 e. The van der Waals surface area contributed by atoms with E-state index in [1.807, 2.05) is 26.8 Å². The highest BCUT2D eigenvalue weighted by molar-refractivity contribution is 5.89. The van der Waals surface area contributed by atoms with E-state index >= 15 is 0 Å². The van der Waals surface area contributed by atoms with E-state index in [0.29, 0.717) is 12.2 Å². The van der Waals surface area contributed by atoms with E-state index < -0.39 is 0 Å². The predicted octanol–water partition coefficient (Wildman–Crippen LogP) is 2.96. The lowest BCUT2D eigenvalue weighted by Crippen LogP contribution is -2.08. The fraction of sp³-hybridized carbons (Fsp3) is 0.462. The number of hydrogen-bond donors (Lipinski definition) is 0. The Labute approximate surface area is 96.4 Å². The van der Waals surface area contributed by atoms with Gasteiger partial charge in [-0.3, -0.25) is 0 Å². The third-order valence-corrected chi connectivity index (χ3v) is 2.05. The Morgan fingerprint density at radius 3 is 2.56 bits per heavy atom. The molecule has 0 amide bonds. The van der Waals surface area contributed by atoms with Crippen molar-refractivity contribution in [2.75, 3.05) is 6.61 Å². The summed E-state index contributed by atoms with van der Waals surface area (Å²) in [5.41, 5.74) is 1.51. The van der Waals surface area contributed by atoms with Crippen LogP contribution in [-0.4, -0.2) is 18.7 Å². The zero-order valence-electron chi connectivity index (χ0n) is 10.2. The van der Waals surface area contributed by atoms with Gasteiger partial charge in [0.1, 0.15) is 5.75 Å². The molecule has 88 valence electrons. The van der Waals surface area contributed by atoms with Crippen LogP contribution < -0.4 is 4.74 Å². The Morgan fingerprint density at radius 1 is 1.38 bits per heavy atom. The monoisotopic (exact) mass is 222 g/mol. The van der Waals surface area contributed by atoms with Crippen LogP contribution >= 0.6 is 0 Å². The van der Waals surface area contributed by atoms with Gasteiger partial charge in [0.2, 0.25) is 0 Å². The molecule has 0 saturated heterocycles. The van der Waals surface area contributed by atoms with Crippen LogP contribution in [0.15, 0.2) is 18.2 Å². The summed E-state index contributed by atoms with van der Waals surface area (Å²) in [5.74, 6) is 0.518. The molecule has 0 radical (unpaired) electrons. The molecule has 1 aromatic rings. The molecule has 0 saturated carbocycles. The van der Waals surface area contributed by atoms with Crippen molar-refractivity contribution in [3.8, 4) is 5.75 Å². The first-order chi connectivity index (χ1) is 7.54. The van der Waals surface area contributed by atoms with Crippen LogP contribution in [0.5, 0.6) is 5.75 Å². The van der Waals surface area contributed by atoms with Gasteiger partial charge in [0.25, 0.3) is 0 Å². The van der Waals surface area contributed by atoms with Crippen molar-refractivity contribution in [2.24, 2.45) is 0 Å². The van der Waals surface area contributed by atoms with Gasteiger partial charge >= 0.3 is 5.97 Å². The van der Waals surface area contributed by atoms with E-state index in [9.17, 15) is 4.79 Å². The molecule has 0 bridgehead atoms. The minimum atomic E-state index is -0.290. The first-order valence-corrected chi connectivity index (χ1v) is 5.49. The SMILES string of the molecule is CCOC(=O)c1ccc(OC(C)C)c(C)c1. The van der Waals surface area contributed by atoms with Crippen molar-refractivity contribution >= 4 is 5.97 Å². The summed E-state index contributed by atoms with van der Waals surface area (Å²) in [6.45, 7) is 8.04. The molecule has 1 aromatic carbocycles. The van der Waals surface area contributed by atoms with E-state index in [1.165, 1.54) is 0 Å². The number of ether oxygens (including phenoxy) is 2. The van der Waals surface area contributed by atoms with Crippen LogP contribution in [0.4, 0.5) is 0 Å². The minimum Gasteiger partial charge on any atom is -0.491 e. The van der Waals surface area contributed by atoms with Gasteiger partial charge in [-0.1, -0.05) is 0 Å². The molecule has 0 unspecified atom stereocenters. The number of hydrogen-bond acceptors (Lipinski definition) is 3. The van der Waals surface area contributed by atoms with Crippen molar-refractivity contribution in [1.82, 2.24) is 0 Å². The molecule has 0 aliphatic heterocycles. The second kappa shape index (κ2) is 5.54. The Hall–Kier alpha value is -1.51. The van der Waals surface area contributed by atoms with E-state index in [-0.39, 0.29) is 12.1 Å². The molecule has 0 aliphatic rings. The average molecular weight is 222 g/mol. The summed E-state index contributed by atoms with van der Waals surface area (Å²) < 4.78 is 10.5. The Balaban J connectivity index is 2.86. The molecule has 0 aliphatic carbocycles. The van der Waals surface area contributed by atoms with Gasteiger partial charge in [0, 0.05) is 0 Å². The highest BCUT2D eigenvalue weighted by atomic mass is 16.5. The summed E-state index contributed by atoms with van der Waals surface area (Å²) in [6, 6.07) is 5.32. The molecule has 16 heavy (non-hydrogen) atoms. The number of carbonyl (C=O) groups is 1. The van der Waals surface area contributed by atoms with Gasteiger partial charge in [-0.05, 0) is 51.5 Å². The fourth-order valence-electron chi connectivity index (χ4n) is 1.38. The van der Waals surface area contributed by atoms with Crippen LogP contribution in [0, 0.1) is 6.92 Å². The zero-order chi connectivity index (χ0) is 12.1. The number of esters is 1. The maximum absolute atomic E-state index is 11.5. The van der Waals surface area contributed by atoms with E-state index in [1.54, 1.807) is 19.1 Å². The fourth-order valence-corrected chi connectivity index (χ4v) is 1.38. The quantitative estimate of drug-likeness (QED) is 0.735. The molecular formula is C13H18O3. The molecule has 0 fully saturated rings. The number of carbonyl (C=O) groups excluding carboxylic acids is 1. The second-order valence-electron chi connectivity index (χ2n) is 3.87. The van der Waals surface area contributed by atoms with Gasteiger partial charge < -0.3 is 9.47 Å². The zero-order valence-corrected chi connectivity index (χ0v) is 10.2. The van der Waals surface area contributed by atoms with Gasteiger partial charge in [0.15, 0.2) is 0 Å². The first-order valence-electron chi connectivity index (χ1n) is 5.49. The first kappa shape index (κ1) is 12.6. The van der Waals surface area contributed by atoms with Crippen molar-refractivity contribution < 1.29 is 14.3 Å². The minimum absolute atomic E-state index is 0.132. The molecule has 3 heteroatoms. The normalized spacial score (nSPS) is 10.3. The molecule has 0 aromatic heterocycles. The highest BCUT2D eigenvalue weighted by Gasteiger charge is 2.09. The topological polar surface area (TPSA) is 35.5 Å². The van der Waals surface area contributed by atoms with Crippen LogP contribution in [0.1, 0.15) is 36.7 Å². The number of rotatable bonds is 4. The average Bonchev–Trinajstić information content (AvgIpc) is 2.20. The van der Waals surface area contributed by atoms with E-state index in [4.69, 9.17) is 9.47 Å². The van der Waals surface area contributed by atoms with E-state index in [2.05, 4.69) is 0 Å². The van der Waals surface area contributed by atoms with Crippen LogP contribution in [0.25, 0.3) is 0 Å². The van der Waals surface area contributed by atoms with Crippen LogP contribution in [0.2, 0.25) is 0 Å². The Morgan fingerprint density at radius 2 is 2.06 bits per heavy atom. The summed E-state index contributed by atoms with van der Waals surface area (Å²) in [4.78, 5) is 11.5. The molecule has 0 heterocycles. The summed E-state index contributed by atoms with van der Waals surface area (Å²) in [6.07, 6.45) is 0.132. The maximum atomic E-state index is 11.5. The molecule has 0 atom stereocenters. The standard InChI is InChI=1S/C13H18O3/c1-5-15-13(14)11-6-7-12(10(4)8-11)16-9(2)3/h6-9H,5H2,1-4H3. The lowest BCUT2D eigenvalue weighted by molar-refractivity contribution is 0.0526. The highest BCUT2D eigenvalue weighted by Crippen LogP contribution is 2.20. The van der Waals surface area contributed by atoms with Gasteiger partial charge in [-0.2, -0.15) is 0 Å². The molecule has 0 N–H and O–H groups in total. The summed E-state index contributed by atoms with van der Waals surface area (Å²) in [7, 11) is 0. The molecular weight excluding hydrogens is 204 g/mol. The van der Waals surface area contributed by atoms with Crippen LogP contribution in [-0.2, 0) is 4.74 Å². The second-order valence-corrected chi connectivity index (χ2v) is 3.87. The largest absolute Gasteiger partial charge is 0.491 e. The van der Waals surface area contributed by atoms with E-state index in [0.717, 1.165) is 11.3 Å². The summed E-state index contributed by atoms with van der Waals surface area (Å²) in [5, 5.41) is 0. The lowest BCUT2D eigenvalue weighted by atomic mass is 10.1. The maximum Gasteiger partial charge on any atom is 0.338 e. The van der Waals surface area contributed by atoms with Crippen molar-refractivity contribution in [3.05, 3.63) is 29.3 Å². The molecule has 0 spiro atoms. The lowest BCUT2D eigenvalue weighted by Gasteiger charge is -2.12. The van der Waals surface area contributed by atoms with Crippen molar-refractivity contribution in [1.29, 1.82) is 0 Å². The van der Waals surface area contributed by atoms with Crippen molar-refractivity contribution in [2.45, 2.75) is 33.8 Å². The van der Waals surface area contributed by atoms with Crippen LogP contribution in [0.3, 0.4) is 0 Å². The summed E-state index contributed by atoms with van der Waals surface area (Å²) >= 11 is 0. The number of benzene rings is 1. The van der Waals surface area contributed by atoms with Gasteiger partial charge in [-0.25, -0.2) is 4.79 Å². The third-order valence-electron chi connectivity index (χ3n) is 2.05. The number of aryl methyl sites for hydroxylation is 1. The third kappa shape index (κ3) is 3.26. The Bertz CT molecular complexity index is 369. The van der Waals surface area contributed by atoms with Crippen molar-refractivity contribution in [3.63, 3.8) is 0 Å². The van der Waals surface area contributed by atoms with Gasteiger partial charge in [-0.15, -0.1) is 0 Å². The predicted molar refractivity (Wildman–Crippen MR) is 62.9 cm³/mol. The Kier molecular flexibility index (Phi) is 4.35. The molecule has 1 rings (SSSR count). The molecule has 3 nitrogen and oxygen atoms in total. The van der Waals surface area contributed by atoms with Gasteiger partial charge in [0.05, 0.1) is 18.3 Å².